The van der Waals surface area contributed by atoms with Crippen molar-refractivity contribution in [3.05, 3.63) is 0 Å². The highest BCUT2D eigenvalue weighted by Gasteiger charge is 1.98. The van der Waals surface area contributed by atoms with Crippen LogP contribution in [0.15, 0.2) is 0 Å². The standard InChI is InChI=1S/C16H36Si/c1-4-6-7-8-9-10-11-12-13-14-17-15-16(3)5-2/h16H,4-15,17H2,1-3H3. The lowest BCUT2D eigenvalue weighted by molar-refractivity contribution is 0.571. The molecule has 0 aliphatic carbocycles. The zero-order chi connectivity index (χ0) is 12.8. The van der Waals surface area contributed by atoms with E-state index in [0.717, 1.165) is 5.92 Å². The molecule has 1 heteroatoms. The normalized spacial score (nSPS) is 13.6. The minimum Gasteiger partial charge on any atom is -0.0654 e. The van der Waals surface area contributed by atoms with Gasteiger partial charge in [-0.1, -0.05) is 97.1 Å². The second kappa shape index (κ2) is 14.3. The third-order valence-corrected chi connectivity index (χ3v) is 6.39. The molecule has 0 amide bonds. The Morgan fingerprint density at radius 2 is 1.29 bits per heavy atom. The molecule has 1 unspecified atom stereocenters. The van der Waals surface area contributed by atoms with E-state index in [1.165, 1.54) is 64.2 Å². The fourth-order valence-corrected chi connectivity index (χ4v) is 4.46. The fraction of sp³-hybridized carbons (Fsp3) is 1.00. The lowest BCUT2D eigenvalue weighted by atomic mass is 10.1. The maximum atomic E-state index is 2.42. The van der Waals surface area contributed by atoms with Gasteiger partial charge in [-0.15, -0.1) is 0 Å². The second-order valence-corrected chi connectivity index (χ2v) is 7.83. The molecule has 104 valence electrons. The summed E-state index contributed by atoms with van der Waals surface area (Å²) in [5.41, 5.74) is 0. The smallest absolute Gasteiger partial charge is 0.0200 e. The quantitative estimate of drug-likeness (QED) is 0.298. The summed E-state index contributed by atoms with van der Waals surface area (Å²) in [6.45, 7) is 7.05. The van der Waals surface area contributed by atoms with Crippen molar-refractivity contribution >= 4 is 9.52 Å². The van der Waals surface area contributed by atoms with Crippen LogP contribution in [0.25, 0.3) is 0 Å². The Bertz CT molecular complexity index is 133. The summed E-state index contributed by atoms with van der Waals surface area (Å²) in [6, 6.07) is 3.20. The maximum Gasteiger partial charge on any atom is 0.0200 e. The first-order valence-corrected chi connectivity index (χ1v) is 10.3. The number of hydrogen-bond donors (Lipinski definition) is 0. The van der Waals surface area contributed by atoms with Crippen LogP contribution in [0.2, 0.25) is 12.1 Å². The van der Waals surface area contributed by atoms with Gasteiger partial charge in [-0.2, -0.15) is 0 Å². The summed E-state index contributed by atoms with van der Waals surface area (Å²) in [5, 5.41) is 0. The summed E-state index contributed by atoms with van der Waals surface area (Å²) in [5.74, 6) is 1.01. The minimum absolute atomic E-state index is 0.302. The van der Waals surface area contributed by atoms with Gasteiger partial charge in [0.2, 0.25) is 0 Å². The molecular weight excluding hydrogens is 220 g/mol. The highest BCUT2D eigenvalue weighted by atomic mass is 28.2. The average Bonchev–Trinajstić information content (AvgIpc) is 2.35. The highest BCUT2D eigenvalue weighted by Crippen LogP contribution is 2.12. The number of unbranched alkanes of at least 4 members (excludes halogenated alkanes) is 8. The van der Waals surface area contributed by atoms with Crippen LogP contribution in [0.3, 0.4) is 0 Å². The Kier molecular flexibility index (Phi) is 14.5. The predicted molar refractivity (Wildman–Crippen MR) is 84.8 cm³/mol. The molecule has 0 aliphatic rings. The molecule has 0 fully saturated rings. The third-order valence-electron chi connectivity index (χ3n) is 4.00. The van der Waals surface area contributed by atoms with Crippen LogP contribution in [0.1, 0.15) is 85.0 Å². The summed E-state index contributed by atoms with van der Waals surface area (Å²) < 4.78 is 0. The van der Waals surface area contributed by atoms with E-state index in [4.69, 9.17) is 0 Å². The zero-order valence-corrected chi connectivity index (χ0v) is 14.2. The van der Waals surface area contributed by atoms with Gasteiger partial charge in [0.1, 0.15) is 0 Å². The molecule has 0 heterocycles. The zero-order valence-electron chi connectivity index (χ0n) is 12.8. The van der Waals surface area contributed by atoms with Crippen molar-refractivity contribution in [2.24, 2.45) is 5.92 Å². The van der Waals surface area contributed by atoms with E-state index >= 15 is 0 Å². The molecule has 0 aromatic rings. The lowest BCUT2D eigenvalue weighted by Crippen LogP contribution is -1.98. The van der Waals surface area contributed by atoms with Crippen molar-refractivity contribution in [1.29, 1.82) is 0 Å². The van der Waals surface area contributed by atoms with Crippen LogP contribution in [-0.2, 0) is 0 Å². The van der Waals surface area contributed by atoms with E-state index in [-0.39, 0.29) is 0 Å². The molecular formula is C16H36Si. The van der Waals surface area contributed by atoms with Crippen LogP contribution in [0.4, 0.5) is 0 Å². The molecule has 0 bridgehead atoms. The van der Waals surface area contributed by atoms with E-state index < -0.39 is 0 Å². The second-order valence-electron chi connectivity index (χ2n) is 5.84. The van der Waals surface area contributed by atoms with E-state index in [1.54, 1.807) is 12.1 Å². The molecule has 0 aliphatic heterocycles. The molecule has 0 spiro atoms. The Morgan fingerprint density at radius 1 is 0.765 bits per heavy atom. The third kappa shape index (κ3) is 14.2. The van der Waals surface area contributed by atoms with Crippen molar-refractivity contribution in [2.45, 2.75) is 97.1 Å². The van der Waals surface area contributed by atoms with Crippen LogP contribution in [0.5, 0.6) is 0 Å². The summed E-state index contributed by atoms with van der Waals surface area (Å²) >= 11 is 0. The van der Waals surface area contributed by atoms with Crippen LogP contribution in [0, 0.1) is 5.92 Å². The van der Waals surface area contributed by atoms with E-state index in [2.05, 4.69) is 20.8 Å². The molecule has 0 saturated heterocycles. The maximum absolute atomic E-state index is 2.42. The minimum atomic E-state index is 0.302. The van der Waals surface area contributed by atoms with Gasteiger partial charge in [0.15, 0.2) is 0 Å². The van der Waals surface area contributed by atoms with Crippen molar-refractivity contribution in [3.63, 3.8) is 0 Å². The molecule has 0 rings (SSSR count). The molecule has 17 heavy (non-hydrogen) atoms. The highest BCUT2D eigenvalue weighted by molar-refractivity contribution is 6.35. The van der Waals surface area contributed by atoms with Crippen molar-refractivity contribution in [3.8, 4) is 0 Å². The van der Waals surface area contributed by atoms with Crippen LogP contribution < -0.4 is 0 Å². The van der Waals surface area contributed by atoms with Gasteiger partial charge in [0.05, 0.1) is 0 Å². The summed E-state index contributed by atoms with van der Waals surface area (Å²) in [7, 11) is 0.302. The monoisotopic (exact) mass is 256 g/mol. The molecule has 0 aromatic heterocycles. The van der Waals surface area contributed by atoms with Crippen molar-refractivity contribution in [1.82, 2.24) is 0 Å². The van der Waals surface area contributed by atoms with Gasteiger partial charge in [0.25, 0.3) is 0 Å². The first-order valence-electron chi connectivity index (χ1n) is 8.31. The number of hydrogen-bond acceptors (Lipinski definition) is 0. The Balaban J connectivity index is 2.94. The first-order chi connectivity index (χ1) is 8.31. The number of rotatable bonds is 13. The van der Waals surface area contributed by atoms with Gasteiger partial charge in [-0.05, 0) is 5.92 Å². The molecule has 0 aromatic carbocycles. The van der Waals surface area contributed by atoms with E-state index in [9.17, 15) is 0 Å². The van der Waals surface area contributed by atoms with Gasteiger partial charge in [-0.25, -0.2) is 0 Å². The Hall–Kier alpha value is 0.217. The first kappa shape index (κ1) is 17.2. The largest absolute Gasteiger partial charge is 0.0654 e. The van der Waals surface area contributed by atoms with Gasteiger partial charge >= 0.3 is 0 Å². The van der Waals surface area contributed by atoms with Gasteiger partial charge < -0.3 is 0 Å². The molecule has 1 atom stereocenters. The Labute approximate surface area is 113 Å². The fourth-order valence-electron chi connectivity index (χ4n) is 2.36. The average molecular weight is 257 g/mol. The topological polar surface area (TPSA) is 0 Å². The molecule has 0 radical (unpaired) electrons. The predicted octanol–water partition coefficient (Wildman–Crippen LogP) is 5.57. The van der Waals surface area contributed by atoms with Gasteiger partial charge in [-0.3, -0.25) is 0 Å². The summed E-state index contributed by atoms with van der Waals surface area (Å²) in [6.07, 6.45) is 14.7. The molecule has 0 saturated carbocycles. The van der Waals surface area contributed by atoms with Crippen LogP contribution in [-0.4, -0.2) is 9.52 Å². The van der Waals surface area contributed by atoms with Crippen molar-refractivity contribution in [2.75, 3.05) is 0 Å². The molecule has 0 N–H and O–H groups in total. The Morgan fingerprint density at radius 3 is 1.82 bits per heavy atom. The molecule has 0 nitrogen and oxygen atoms in total. The van der Waals surface area contributed by atoms with E-state index in [0.29, 0.717) is 9.52 Å². The van der Waals surface area contributed by atoms with E-state index in [1.807, 2.05) is 0 Å². The lowest BCUT2D eigenvalue weighted by Gasteiger charge is -2.06. The summed E-state index contributed by atoms with van der Waals surface area (Å²) in [4.78, 5) is 0. The van der Waals surface area contributed by atoms with Crippen LogP contribution >= 0.6 is 0 Å². The SMILES string of the molecule is CCCCCCCCCCC[SiH2]CC(C)CC. The van der Waals surface area contributed by atoms with Crippen molar-refractivity contribution < 1.29 is 0 Å². The van der Waals surface area contributed by atoms with Gasteiger partial charge in [0, 0.05) is 9.52 Å².